The number of rotatable bonds is 2. The molecule has 28 heavy (non-hydrogen) atoms. The first kappa shape index (κ1) is 15.6. The zero-order valence-corrected chi connectivity index (χ0v) is 14.7. The van der Waals surface area contributed by atoms with Gasteiger partial charge in [0.25, 0.3) is 17.6 Å². The van der Waals surface area contributed by atoms with Gasteiger partial charge < -0.3 is 14.6 Å². The van der Waals surface area contributed by atoms with E-state index in [4.69, 9.17) is 14.5 Å². The van der Waals surface area contributed by atoms with Crippen molar-refractivity contribution in [2.75, 3.05) is 10.2 Å². The maximum Gasteiger partial charge on any atom is 0.417 e. The summed E-state index contributed by atoms with van der Waals surface area (Å²) in [4.78, 5) is 18.0. The maximum atomic E-state index is 14.9. The van der Waals surface area contributed by atoms with Gasteiger partial charge >= 0.3 is 6.09 Å². The van der Waals surface area contributed by atoms with Crippen LogP contribution in [0.25, 0.3) is 5.57 Å². The van der Waals surface area contributed by atoms with Crippen LogP contribution in [0, 0.1) is 34.9 Å². The summed E-state index contributed by atoms with van der Waals surface area (Å²) in [6.45, 7) is 1.77. The predicted molar refractivity (Wildman–Crippen MR) is 93.1 cm³/mol. The lowest BCUT2D eigenvalue weighted by Crippen LogP contribution is -2.46. The third kappa shape index (κ3) is 1.80. The highest BCUT2D eigenvalue weighted by Crippen LogP contribution is 2.58. The Morgan fingerprint density at radius 3 is 2.93 bits per heavy atom. The average Bonchev–Trinajstić information content (AvgIpc) is 3.14. The summed E-state index contributed by atoms with van der Waals surface area (Å²) in [5.74, 6) is 0.663. The van der Waals surface area contributed by atoms with Crippen molar-refractivity contribution in [2.45, 2.75) is 25.1 Å². The number of fused-ring (bicyclic) bond motifs is 4. The number of nitrogens with zero attached hydrogens (tertiary/aromatic N) is 4. The second kappa shape index (κ2) is 4.90. The second-order valence-corrected chi connectivity index (χ2v) is 7.65. The minimum absolute atomic E-state index is 0.0754. The molecule has 1 aromatic carbocycles. The summed E-state index contributed by atoms with van der Waals surface area (Å²) >= 11 is 0. The largest absolute Gasteiger partial charge is 0.417 e. The molecular weight excluding hydrogens is 365 g/mol. The number of aromatic nitrogens is 2. The van der Waals surface area contributed by atoms with Crippen molar-refractivity contribution in [1.82, 2.24) is 10.1 Å². The van der Waals surface area contributed by atoms with Crippen LogP contribution in [-0.2, 0) is 10.5 Å². The quantitative estimate of drug-likeness (QED) is 0.855. The van der Waals surface area contributed by atoms with Gasteiger partial charge in [0.15, 0.2) is 0 Å². The Balaban J connectivity index is 1.31. The van der Waals surface area contributed by atoms with Crippen molar-refractivity contribution in [3.63, 3.8) is 0 Å². The minimum Gasteiger partial charge on any atom is -0.410 e. The lowest BCUT2D eigenvalue weighted by atomic mass is 9.99. The summed E-state index contributed by atoms with van der Waals surface area (Å²) in [7, 11) is 0. The zero-order chi connectivity index (χ0) is 19.2. The molecule has 140 valence electrons. The van der Waals surface area contributed by atoms with Gasteiger partial charge in [0.2, 0.25) is 0 Å². The van der Waals surface area contributed by atoms with Gasteiger partial charge in [-0.25, -0.2) is 9.18 Å². The van der Waals surface area contributed by atoms with Gasteiger partial charge in [-0.2, -0.15) is 10.2 Å². The number of hydrogen-bond donors (Lipinski definition) is 1. The van der Waals surface area contributed by atoms with E-state index in [1.807, 2.05) is 6.08 Å². The normalized spacial score (nSPS) is 34.1. The molecule has 2 aliphatic heterocycles. The first-order valence-corrected chi connectivity index (χ1v) is 9.06. The Morgan fingerprint density at radius 1 is 1.46 bits per heavy atom. The van der Waals surface area contributed by atoms with Crippen LogP contribution in [-0.4, -0.2) is 22.3 Å². The third-order valence-corrected chi connectivity index (χ3v) is 6.27. The van der Waals surface area contributed by atoms with Crippen LogP contribution in [0.4, 0.5) is 20.8 Å². The van der Waals surface area contributed by atoms with E-state index in [2.05, 4.69) is 21.5 Å². The SMILES string of the molecule is CC1N(c2ccc(C3=C[C@@H]4[C@@H](C#N)[C@@H]4C3)c(F)c2)C(=O)O[C@@]12Nc1noc2n1. The van der Waals surface area contributed by atoms with Crippen molar-refractivity contribution in [3.8, 4) is 6.07 Å². The lowest BCUT2D eigenvalue weighted by Gasteiger charge is -2.27. The number of ether oxygens (including phenoxy) is 1. The molecule has 6 rings (SSSR count). The first-order valence-electron chi connectivity index (χ1n) is 9.06. The predicted octanol–water partition coefficient (Wildman–Crippen LogP) is 3.01. The highest BCUT2D eigenvalue weighted by Gasteiger charge is 2.61. The van der Waals surface area contributed by atoms with Gasteiger partial charge in [0.05, 0.1) is 17.7 Å². The van der Waals surface area contributed by atoms with Crippen LogP contribution in [0.15, 0.2) is 28.8 Å². The van der Waals surface area contributed by atoms with E-state index >= 15 is 0 Å². The van der Waals surface area contributed by atoms with E-state index in [-0.39, 0.29) is 23.7 Å². The van der Waals surface area contributed by atoms with Crippen LogP contribution < -0.4 is 10.2 Å². The van der Waals surface area contributed by atoms with Crippen molar-refractivity contribution in [1.29, 1.82) is 5.26 Å². The summed E-state index contributed by atoms with van der Waals surface area (Å²) in [6, 6.07) is 6.49. The number of carbonyl (C=O) groups is 1. The number of nitriles is 1. The molecule has 4 aliphatic rings. The monoisotopic (exact) mass is 379 g/mol. The number of amides is 1. The molecule has 9 heteroatoms. The molecule has 8 nitrogen and oxygen atoms in total. The van der Waals surface area contributed by atoms with Crippen LogP contribution in [0.2, 0.25) is 0 Å². The van der Waals surface area contributed by atoms with Crippen molar-refractivity contribution in [3.05, 3.63) is 41.5 Å². The molecule has 2 fully saturated rings. The molecule has 0 radical (unpaired) electrons. The Kier molecular flexibility index (Phi) is 2.73. The zero-order valence-electron chi connectivity index (χ0n) is 14.7. The summed E-state index contributed by atoms with van der Waals surface area (Å²) in [5.41, 5.74) is 0.587. The van der Waals surface area contributed by atoms with Crippen LogP contribution in [0.5, 0.6) is 0 Å². The topological polar surface area (TPSA) is 104 Å². The Hall–Kier alpha value is -3.41. The van der Waals surface area contributed by atoms with Crippen molar-refractivity contribution < 1.29 is 18.4 Å². The number of allylic oxidation sites excluding steroid dienone is 2. The van der Waals surface area contributed by atoms with Gasteiger partial charge in [0.1, 0.15) is 11.9 Å². The van der Waals surface area contributed by atoms with E-state index in [0.717, 1.165) is 5.57 Å². The lowest BCUT2D eigenvalue weighted by molar-refractivity contribution is 0.0313. The summed E-state index contributed by atoms with van der Waals surface area (Å²) < 4.78 is 25.5. The molecule has 1 saturated carbocycles. The molecule has 2 aromatic rings. The molecule has 2 bridgehead atoms. The number of carbonyl (C=O) groups excluding carboxylic acids is 1. The molecule has 1 unspecified atom stereocenters. The summed E-state index contributed by atoms with van der Waals surface area (Å²) in [6.07, 6.45) is 2.10. The van der Waals surface area contributed by atoms with Gasteiger partial charge in [0, 0.05) is 5.56 Å². The molecule has 5 atom stereocenters. The van der Waals surface area contributed by atoms with Crippen LogP contribution in [0.3, 0.4) is 0 Å². The standard InChI is InChI=1S/C19H14FN5O3/c1-8-19(16-22-17(23-19)24-28-16)27-18(26)25(8)10-2-3-11(15(20)6-10)9-4-12-13(5-9)14(12)7-21/h2-4,6,8,12-14H,5H2,1H3,(H,23,24)/t8?,12-,13+,14+,19-/m0/s1. The molecule has 2 aliphatic carbocycles. The third-order valence-electron chi connectivity index (χ3n) is 6.27. The minimum atomic E-state index is -1.25. The molecule has 1 saturated heterocycles. The van der Waals surface area contributed by atoms with Crippen molar-refractivity contribution >= 4 is 23.3 Å². The number of anilines is 2. The van der Waals surface area contributed by atoms with E-state index in [9.17, 15) is 9.18 Å². The van der Waals surface area contributed by atoms with Crippen LogP contribution >= 0.6 is 0 Å². The maximum absolute atomic E-state index is 14.9. The highest BCUT2D eigenvalue weighted by atomic mass is 19.1. The second-order valence-electron chi connectivity index (χ2n) is 7.65. The molecule has 1 spiro atoms. The molecule has 1 aromatic heterocycles. The average molecular weight is 379 g/mol. The van der Waals surface area contributed by atoms with Gasteiger partial charge in [-0.3, -0.25) is 4.90 Å². The number of benzene rings is 1. The molecule has 1 amide bonds. The summed E-state index contributed by atoms with van der Waals surface area (Å²) in [5, 5.41) is 15.6. The van der Waals surface area contributed by atoms with Crippen molar-refractivity contribution in [2.24, 2.45) is 17.8 Å². The first-order chi connectivity index (χ1) is 13.5. The fourth-order valence-electron chi connectivity index (χ4n) is 4.68. The molecule has 3 heterocycles. The highest BCUT2D eigenvalue weighted by molar-refractivity contribution is 5.92. The van der Waals surface area contributed by atoms with Gasteiger partial charge in [-0.15, -0.1) is 0 Å². The fourth-order valence-corrected chi connectivity index (χ4v) is 4.68. The molecule has 1 N–H and O–H groups in total. The number of hydrogen-bond acceptors (Lipinski definition) is 7. The fraction of sp³-hybridized carbons (Fsp3) is 0.368. The van der Waals surface area contributed by atoms with Gasteiger partial charge in [-0.1, -0.05) is 6.08 Å². The molecular formula is C19H14FN5O3. The van der Waals surface area contributed by atoms with E-state index < -0.39 is 23.7 Å². The Morgan fingerprint density at radius 2 is 2.32 bits per heavy atom. The Bertz CT molecular complexity index is 1120. The van der Waals surface area contributed by atoms with E-state index in [0.29, 0.717) is 23.6 Å². The van der Waals surface area contributed by atoms with Gasteiger partial charge in [-0.05, 0) is 54.1 Å². The van der Waals surface area contributed by atoms with Crippen LogP contribution in [0.1, 0.15) is 24.8 Å². The smallest absolute Gasteiger partial charge is 0.410 e. The number of nitrogens with one attached hydrogen (secondary N) is 1. The number of halogens is 1. The van der Waals surface area contributed by atoms with E-state index in [1.165, 1.54) is 11.0 Å². The Labute approximate surface area is 158 Å². The van der Waals surface area contributed by atoms with E-state index in [1.54, 1.807) is 19.1 Å².